The Labute approximate surface area is 189 Å². The van der Waals surface area contributed by atoms with Crippen LogP contribution in [0, 0.1) is 11.8 Å². The van der Waals surface area contributed by atoms with Crippen molar-refractivity contribution < 1.29 is 9.53 Å². The Hall–Kier alpha value is -1.59. The summed E-state index contributed by atoms with van der Waals surface area (Å²) in [6, 6.07) is 8.66. The number of thioether (sulfide) groups is 1. The van der Waals surface area contributed by atoms with Crippen molar-refractivity contribution in [2.24, 2.45) is 16.8 Å². The van der Waals surface area contributed by atoms with Gasteiger partial charge >= 0.3 is 0 Å². The molecule has 4 nitrogen and oxygen atoms in total. The van der Waals surface area contributed by atoms with Crippen molar-refractivity contribution in [3.05, 3.63) is 45.9 Å². The van der Waals surface area contributed by atoms with Crippen LogP contribution in [0.5, 0.6) is 0 Å². The van der Waals surface area contributed by atoms with Crippen molar-refractivity contribution in [1.29, 1.82) is 0 Å². The van der Waals surface area contributed by atoms with E-state index in [0.29, 0.717) is 11.8 Å². The summed E-state index contributed by atoms with van der Waals surface area (Å²) in [5.41, 5.74) is 4.06. The first-order chi connectivity index (χ1) is 15.2. The number of nitrogens with zero attached hydrogens (tertiary/aromatic N) is 2. The van der Waals surface area contributed by atoms with Gasteiger partial charge in [-0.25, -0.2) is 0 Å². The summed E-state index contributed by atoms with van der Waals surface area (Å²) in [5.74, 6) is 1.28. The SMILES string of the molecule is O=C1N=C(N2CCC3(CC2)OCc2ccccc23)SC1=C(C1CCCC1)C1CCCC1. The molecule has 0 aromatic heterocycles. The monoisotopic (exact) mass is 436 g/mol. The first-order valence-electron chi connectivity index (χ1n) is 12.3. The minimum atomic E-state index is -0.140. The zero-order valence-corrected chi connectivity index (χ0v) is 19.1. The molecule has 3 fully saturated rings. The molecule has 5 heteroatoms. The number of allylic oxidation sites excluding steroid dienone is 1. The molecule has 0 N–H and O–H groups in total. The van der Waals surface area contributed by atoms with Crippen molar-refractivity contribution in [3.63, 3.8) is 0 Å². The number of rotatable bonds is 2. The molecule has 0 bridgehead atoms. The molecule has 0 unspecified atom stereocenters. The molecular formula is C26H32N2O2S. The lowest BCUT2D eigenvalue weighted by Gasteiger charge is -2.39. The molecule has 0 radical (unpaired) electrons. The number of hydrogen-bond donors (Lipinski definition) is 0. The highest BCUT2D eigenvalue weighted by Gasteiger charge is 2.44. The van der Waals surface area contributed by atoms with E-state index >= 15 is 0 Å². The number of carbonyl (C=O) groups excluding carboxylic acids is 1. The van der Waals surface area contributed by atoms with Crippen LogP contribution < -0.4 is 0 Å². The van der Waals surface area contributed by atoms with Gasteiger partial charge in [0.25, 0.3) is 5.91 Å². The van der Waals surface area contributed by atoms with E-state index < -0.39 is 0 Å². The topological polar surface area (TPSA) is 41.9 Å². The van der Waals surface area contributed by atoms with Crippen molar-refractivity contribution >= 4 is 22.8 Å². The number of carbonyl (C=O) groups is 1. The molecular weight excluding hydrogens is 404 g/mol. The number of piperidine rings is 1. The smallest absolute Gasteiger partial charge is 0.286 e. The number of amidine groups is 1. The number of likely N-dealkylation sites (tertiary alicyclic amines) is 1. The quantitative estimate of drug-likeness (QED) is 0.552. The molecule has 1 saturated heterocycles. The highest BCUT2D eigenvalue weighted by Crippen LogP contribution is 2.48. The van der Waals surface area contributed by atoms with Crippen LogP contribution in [0.4, 0.5) is 0 Å². The predicted molar refractivity (Wildman–Crippen MR) is 125 cm³/mol. The van der Waals surface area contributed by atoms with Gasteiger partial charge in [0, 0.05) is 13.1 Å². The summed E-state index contributed by atoms with van der Waals surface area (Å²) in [5, 5.41) is 0.939. The standard InChI is InChI=1S/C26H32N2O2S/c29-24-23(22(18-7-1-2-8-18)19-9-3-4-10-19)31-25(27-24)28-15-13-26(14-16-28)21-12-6-5-11-20(21)17-30-26/h5-6,11-12,18-19H,1-4,7-10,13-17H2. The summed E-state index contributed by atoms with van der Waals surface area (Å²) >= 11 is 1.69. The molecule has 5 aliphatic rings. The van der Waals surface area contributed by atoms with Crippen LogP contribution in [0.1, 0.15) is 75.3 Å². The molecule has 31 heavy (non-hydrogen) atoms. The Morgan fingerprint density at radius 2 is 1.65 bits per heavy atom. The largest absolute Gasteiger partial charge is 0.365 e. The highest BCUT2D eigenvalue weighted by molar-refractivity contribution is 8.18. The van der Waals surface area contributed by atoms with Gasteiger partial charge in [-0.2, -0.15) is 4.99 Å². The fourth-order valence-corrected chi connectivity index (χ4v) is 7.85. The van der Waals surface area contributed by atoms with E-state index in [0.717, 1.165) is 42.6 Å². The van der Waals surface area contributed by atoms with E-state index in [9.17, 15) is 4.79 Å². The van der Waals surface area contributed by atoms with Gasteiger partial charge in [-0.3, -0.25) is 4.79 Å². The molecule has 164 valence electrons. The van der Waals surface area contributed by atoms with Gasteiger partial charge in [0.2, 0.25) is 0 Å². The highest BCUT2D eigenvalue weighted by atomic mass is 32.2. The van der Waals surface area contributed by atoms with Crippen LogP contribution >= 0.6 is 11.8 Å². The molecule has 3 heterocycles. The zero-order chi connectivity index (χ0) is 20.8. The number of amides is 1. The first kappa shape index (κ1) is 20.0. The zero-order valence-electron chi connectivity index (χ0n) is 18.3. The van der Waals surface area contributed by atoms with Crippen LogP contribution in [0.3, 0.4) is 0 Å². The third kappa shape index (κ3) is 3.48. The summed E-state index contributed by atoms with van der Waals surface area (Å²) in [6.45, 7) is 2.54. The van der Waals surface area contributed by atoms with E-state index in [1.54, 1.807) is 11.8 Å². The van der Waals surface area contributed by atoms with Crippen LogP contribution in [0.2, 0.25) is 0 Å². The lowest BCUT2D eigenvalue weighted by molar-refractivity contribution is -0.113. The number of ether oxygens (including phenoxy) is 1. The Morgan fingerprint density at radius 1 is 1.00 bits per heavy atom. The molecule has 6 rings (SSSR count). The molecule has 2 aliphatic carbocycles. The first-order valence-corrected chi connectivity index (χ1v) is 13.1. The van der Waals surface area contributed by atoms with Crippen LogP contribution in [0.15, 0.2) is 39.7 Å². The third-order valence-corrected chi connectivity index (χ3v) is 9.44. The van der Waals surface area contributed by atoms with Gasteiger partial charge in [0.1, 0.15) is 0 Å². The third-order valence-electron chi connectivity index (χ3n) is 8.29. The molecule has 2 saturated carbocycles. The second-order valence-electron chi connectivity index (χ2n) is 9.98. The van der Waals surface area contributed by atoms with Crippen LogP contribution in [-0.4, -0.2) is 29.1 Å². The average molecular weight is 437 g/mol. The Bertz CT molecular complexity index is 914. The second-order valence-corrected chi connectivity index (χ2v) is 11.0. The fraction of sp³-hybridized carbons (Fsp3) is 0.615. The van der Waals surface area contributed by atoms with Gasteiger partial charge in [-0.05, 0) is 78.8 Å². The van der Waals surface area contributed by atoms with E-state index in [2.05, 4.69) is 34.2 Å². The molecule has 3 aliphatic heterocycles. The molecule has 1 spiro atoms. The Morgan fingerprint density at radius 3 is 2.32 bits per heavy atom. The van der Waals surface area contributed by atoms with Crippen LogP contribution in [-0.2, 0) is 21.7 Å². The average Bonchev–Trinajstić information content (AvgIpc) is 3.60. The number of fused-ring (bicyclic) bond motifs is 2. The normalized spacial score (nSPS) is 26.2. The molecule has 1 amide bonds. The molecule has 1 aromatic carbocycles. The van der Waals surface area contributed by atoms with Crippen molar-refractivity contribution in [3.8, 4) is 0 Å². The van der Waals surface area contributed by atoms with E-state index in [1.165, 1.54) is 68.1 Å². The minimum Gasteiger partial charge on any atom is -0.365 e. The van der Waals surface area contributed by atoms with Crippen molar-refractivity contribution in [2.75, 3.05) is 13.1 Å². The van der Waals surface area contributed by atoms with Crippen LogP contribution in [0.25, 0.3) is 0 Å². The van der Waals surface area contributed by atoms with E-state index in [-0.39, 0.29) is 11.5 Å². The number of hydrogen-bond acceptors (Lipinski definition) is 4. The predicted octanol–water partition coefficient (Wildman–Crippen LogP) is 5.77. The Balaban J connectivity index is 1.20. The summed E-state index contributed by atoms with van der Waals surface area (Å²) in [7, 11) is 0. The van der Waals surface area contributed by atoms with Gasteiger partial charge < -0.3 is 9.64 Å². The van der Waals surface area contributed by atoms with Gasteiger partial charge in [-0.1, -0.05) is 49.9 Å². The number of aliphatic imine (C=N–C) groups is 1. The minimum absolute atomic E-state index is 0.0385. The van der Waals surface area contributed by atoms with Crippen molar-refractivity contribution in [2.45, 2.75) is 76.4 Å². The lowest BCUT2D eigenvalue weighted by Crippen LogP contribution is -2.44. The maximum atomic E-state index is 13.1. The van der Waals surface area contributed by atoms with Gasteiger partial charge in [0.15, 0.2) is 5.17 Å². The second kappa shape index (κ2) is 8.08. The fourth-order valence-electron chi connectivity index (χ4n) is 6.65. The summed E-state index contributed by atoms with van der Waals surface area (Å²) in [4.78, 5) is 21.0. The van der Waals surface area contributed by atoms with Gasteiger partial charge in [0.05, 0.1) is 17.1 Å². The van der Waals surface area contributed by atoms with Crippen molar-refractivity contribution in [1.82, 2.24) is 4.90 Å². The van der Waals surface area contributed by atoms with E-state index in [1.807, 2.05) is 0 Å². The Kier molecular flexibility index (Phi) is 5.22. The summed E-state index contributed by atoms with van der Waals surface area (Å²) < 4.78 is 6.33. The molecule has 0 atom stereocenters. The van der Waals surface area contributed by atoms with E-state index in [4.69, 9.17) is 4.74 Å². The number of benzene rings is 1. The summed E-state index contributed by atoms with van der Waals surface area (Å²) in [6.07, 6.45) is 12.3. The maximum absolute atomic E-state index is 13.1. The van der Waals surface area contributed by atoms with Gasteiger partial charge in [-0.15, -0.1) is 0 Å². The lowest BCUT2D eigenvalue weighted by atomic mass is 9.84. The molecule has 1 aromatic rings. The maximum Gasteiger partial charge on any atom is 0.286 e.